The fraction of sp³-hybridized carbons (Fsp3) is 0.400. The van der Waals surface area contributed by atoms with Gasteiger partial charge >= 0.3 is 6.18 Å². The number of alkyl halides is 3. The number of hydrogen-bond acceptors (Lipinski definition) is 7. The molecule has 8 nitrogen and oxygen atoms in total. The van der Waals surface area contributed by atoms with Crippen molar-refractivity contribution in [3.05, 3.63) is 58.7 Å². The summed E-state index contributed by atoms with van der Waals surface area (Å²) in [6, 6.07) is 3.01. The highest BCUT2D eigenvalue weighted by Crippen LogP contribution is 2.34. The molecule has 1 aliphatic rings. The topological polar surface area (TPSA) is 88.8 Å². The van der Waals surface area contributed by atoms with Crippen LogP contribution in [0.4, 0.5) is 13.2 Å². The van der Waals surface area contributed by atoms with Gasteiger partial charge in [-0.2, -0.15) is 18.3 Å². The number of likely N-dealkylation sites (tertiary alicyclic amines) is 1. The van der Waals surface area contributed by atoms with E-state index >= 15 is 0 Å². The Kier molecular flexibility index (Phi) is 6.71. The molecule has 0 radical (unpaired) electrons. The minimum absolute atomic E-state index is 0.364. The second-order valence-electron chi connectivity index (χ2n) is 9.51. The number of halogens is 3. The molecule has 2 unspecified atom stereocenters. The van der Waals surface area contributed by atoms with Crippen LogP contribution in [0.2, 0.25) is 0 Å². The quantitative estimate of drug-likeness (QED) is 0.389. The molecule has 1 N–H and O–H groups in total. The molecule has 1 fully saturated rings. The Morgan fingerprint density at radius 3 is 2.57 bits per heavy atom. The van der Waals surface area contributed by atoms with Crippen molar-refractivity contribution in [2.24, 2.45) is 5.92 Å². The first-order valence-corrected chi connectivity index (χ1v) is 12.7. The van der Waals surface area contributed by atoms with Crippen LogP contribution in [0.1, 0.15) is 46.0 Å². The van der Waals surface area contributed by atoms with Crippen LogP contribution in [-0.4, -0.2) is 55.7 Å². The van der Waals surface area contributed by atoms with Crippen LogP contribution in [0.5, 0.6) is 0 Å². The first-order valence-electron chi connectivity index (χ1n) is 11.9. The monoisotopic (exact) mass is 529 g/mol. The van der Waals surface area contributed by atoms with Crippen LogP contribution in [0.15, 0.2) is 36.9 Å². The highest BCUT2D eigenvalue weighted by Gasteiger charge is 2.34. The van der Waals surface area contributed by atoms with Gasteiger partial charge in [-0.25, -0.2) is 15.0 Å². The second kappa shape index (κ2) is 9.82. The number of nitrogens with one attached hydrogen (secondary N) is 1. The van der Waals surface area contributed by atoms with Gasteiger partial charge in [-0.3, -0.25) is 9.48 Å². The summed E-state index contributed by atoms with van der Waals surface area (Å²) in [6.07, 6.45) is 2.25. The number of amides is 1. The van der Waals surface area contributed by atoms with Crippen molar-refractivity contribution < 1.29 is 18.0 Å². The lowest BCUT2D eigenvalue weighted by molar-refractivity contribution is -0.145. The van der Waals surface area contributed by atoms with E-state index in [1.54, 1.807) is 19.2 Å². The SMILES string of the molecule is Cc1cnc(-c2cc(C(=O)NC(C)c3cnc(C(F)(F)F)nc3)cc3c2cnn3CC2CCN(C)C2)s1. The van der Waals surface area contributed by atoms with Gasteiger partial charge < -0.3 is 10.2 Å². The van der Waals surface area contributed by atoms with Crippen LogP contribution < -0.4 is 5.32 Å². The molecule has 0 aliphatic carbocycles. The molecular formula is C25H26F3N7OS. The molecule has 3 aromatic heterocycles. The van der Waals surface area contributed by atoms with E-state index in [1.807, 2.05) is 23.9 Å². The number of thiazole rings is 1. The minimum atomic E-state index is -4.62. The van der Waals surface area contributed by atoms with E-state index in [0.717, 1.165) is 64.8 Å². The largest absolute Gasteiger partial charge is 0.451 e. The highest BCUT2D eigenvalue weighted by atomic mass is 32.1. The van der Waals surface area contributed by atoms with E-state index in [9.17, 15) is 18.0 Å². The number of benzene rings is 1. The van der Waals surface area contributed by atoms with Gasteiger partial charge in [0.05, 0.1) is 17.8 Å². The van der Waals surface area contributed by atoms with Crippen molar-refractivity contribution in [3.63, 3.8) is 0 Å². The van der Waals surface area contributed by atoms with Gasteiger partial charge in [-0.1, -0.05) is 0 Å². The minimum Gasteiger partial charge on any atom is -0.345 e. The Morgan fingerprint density at radius 1 is 1.19 bits per heavy atom. The maximum absolute atomic E-state index is 13.3. The van der Waals surface area contributed by atoms with E-state index in [0.29, 0.717) is 17.0 Å². The average Bonchev–Trinajstić information content (AvgIpc) is 3.58. The standard InChI is InChI=1S/C25H26F3N7OS/c1-14-8-29-23(37-14)19-6-17(7-21-20(19)11-32-35(21)13-16-4-5-34(3)12-16)22(36)33-15(2)18-9-30-24(31-10-18)25(26,27)28/h6-11,15-16H,4-5,12-13H2,1-3H3,(H,33,36). The summed E-state index contributed by atoms with van der Waals surface area (Å²) < 4.78 is 40.4. The predicted octanol–water partition coefficient (Wildman–Crippen LogP) is 4.72. The second-order valence-corrected chi connectivity index (χ2v) is 10.7. The fourth-order valence-corrected chi connectivity index (χ4v) is 5.40. The van der Waals surface area contributed by atoms with Gasteiger partial charge in [0.1, 0.15) is 5.01 Å². The zero-order valence-corrected chi connectivity index (χ0v) is 21.4. The fourth-order valence-electron chi connectivity index (χ4n) is 4.60. The van der Waals surface area contributed by atoms with Gasteiger partial charge in [-0.05, 0) is 51.9 Å². The van der Waals surface area contributed by atoms with E-state index in [2.05, 4.69) is 37.3 Å². The number of carbonyl (C=O) groups is 1. The van der Waals surface area contributed by atoms with Crippen molar-refractivity contribution in [2.45, 2.75) is 39.0 Å². The lowest BCUT2D eigenvalue weighted by Gasteiger charge is -2.16. The molecule has 0 saturated carbocycles. The normalized spacial score (nSPS) is 17.4. The zero-order chi connectivity index (χ0) is 26.3. The molecule has 37 heavy (non-hydrogen) atoms. The van der Waals surface area contributed by atoms with Gasteiger partial charge in [0.2, 0.25) is 5.82 Å². The molecule has 0 bridgehead atoms. The van der Waals surface area contributed by atoms with Crippen LogP contribution in [0.3, 0.4) is 0 Å². The van der Waals surface area contributed by atoms with Gasteiger partial charge in [0.15, 0.2) is 0 Å². The molecule has 5 rings (SSSR count). The van der Waals surface area contributed by atoms with E-state index < -0.39 is 18.0 Å². The summed E-state index contributed by atoms with van der Waals surface area (Å²) >= 11 is 1.54. The third-order valence-corrected chi connectivity index (χ3v) is 7.52. The van der Waals surface area contributed by atoms with E-state index in [1.165, 1.54) is 11.3 Å². The molecule has 1 aliphatic heterocycles. The van der Waals surface area contributed by atoms with Crippen LogP contribution in [0, 0.1) is 12.8 Å². The number of aryl methyl sites for hydroxylation is 1. The van der Waals surface area contributed by atoms with Crippen molar-refractivity contribution in [1.29, 1.82) is 0 Å². The van der Waals surface area contributed by atoms with Crippen LogP contribution in [-0.2, 0) is 12.7 Å². The van der Waals surface area contributed by atoms with Crippen LogP contribution in [0.25, 0.3) is 21.5 Å². The van der Waals surface area contributed by atoms with Gasteiger partial charge in [0.25, 0.3) is 5.91 Å². The molecule has 4 heterocycles. The number of fused-ring (bicyclic) bond motifs is 1. The molecule has 2 atom stereocenters. The molecule has 1 saturated heterocycles. The van der Waals surface area contributed by atoms with Crippen LogP contribution >= 0.6 is 11.3 Å². The molecule has 1 aromatic carbocycles. The molecule has 0 spiro atoms. The van der Waals surface area contributed by atoms with E-state index in [-0.39, 0.29) is 5.91 Å². The smallest absolute Gasteiger partial charge is 0.345 e. The predicted molar refractivity (Wildman–Crippen MR) is 134 cm³/mol. The molecule has 194 valence electrons. The lowest BCUT2D eigenvalue weighted by atomic mass is 10.0. The Bertz CT molecular complexity index is 1430. The summed E-state index contributed by atoms with van der Waals surface area (Å²) in [5, 5.41) is 9.22. The lowest BCUT2D eigenvalue weighted by Crippen LogP contribution is -2.27. The third-order valence-electron chi connectivity index (χ3n) is 6.57. The summed E-state index contributed by atoms with van der Waals surface area (Å²) in [6.45, 7) is 6.44. The van der Waals surface area contributed by atoms with Crippen molar-refractivity contribution >= 4 is 28.1 Å². The van der Waals surface area contributed by atoms with Crippen molar-refractivity contribution in [1.82, 2.24) is 34.9 Å². The van der Waals surface area contributed by atoms with E-state index in [4.69, 9.17) is 0 Å². The molecular weight excluding hydrogens is 503 g/mol. The molecule has 4 aromatic rings. The number of hydrogen-bond donors (Lipinski definition) is 1. The summed E-state index contributed by atoms with van der Waals surface area (Å²) in [4.78, 5) is 28.0. The van der Waals surface area contributed by atoms with Crippen molar-refractivity contribution in [2.75, 3.05) is 20.1 Å². The van der Waals surface area contributed by atoms with Gasteiger partial charge in [0, 0.05) is 58.6 Å². The Labute approximate surface area is 215 Å². The summed E-state index contributed by atoms with van der Waals surface area (Å²) in [7, 11) is 2.11. The zero-order valence-electron chi connectivity index (χ0n) is 20.6. The Hall–Kier alpha value is -3.38. The Balaban J connectivity index is 1.46. The summed E-state index contributed by atoms with van der Waals surface area (Å²) in [5.41, 5.74) is 2.45. The van der Waals surface area contributed by atoms with Gasteiger partial charge in [-0.15, -0.1) is 11.3 Å². The number of rotatable bonds is 6. The van der Waals surface area contributed by atoms with Crippen molar-refractivity contribution in [3.8, 4) is 10.6 Å². The Morgan fingerprint density at radius 2 is 1.95 bits per heavy atom. The summed E-state index contributed by atoms with van der Waals surface area (Å²) in [5.74, 6) is -1.11. The third kappa shape index (κ3) is 5.35. The first kappa shape index (κ1) is 25.3. The maximum atomic E-state index is 13.3. The first-order chi connectivity index (χ1) is 17.6. The number of nitrogens with zero attached hydrogens (tertiary/aromatic N) is 6. The maximum Gasteiger partial charge on any atom is 0.451 e. The number of aromatic nitrogens is 5. The highest BCUT2D eigenvalue weighted by molar-refractivity contribution is 7.15. The molecule has 1 amide bonds. The average molecular weight is 530 g/mol. The number of carbonyl (C=O) groups excluding carboxylic acids is 1. The molecule has 12 heteroatoms.